The molecule has 0 unspecified atom stereocenters. The van der Waals surface area contributed by atoms with Crippen LogP contribution in [0.4, 0.5) is 11.9 Å². The van der Waals surface area contributed by atoms with Crippen molar-refractivity contribution in [1.82, 2.24) is 15.0 Å². The lowest BCUT2D eigenvalue weighted by Gasteiger charge is -2.30. The summed E-state index contributed by atoms with van der Waals surface area (Å²) in [4.78, 5) is 15.2. The SMILES string of the molecule is CC(C)N(c1nc(Cl)nc(N[C@@H](C)c2ccccc2)n1)C(C)C. The molecule has 6 heteroatoms. The minimum Gasteiger partial charge on any atom is -0.348 e. The normalized spacial score (nSPS) is 12.5. The molecular formula is C17H24ClN5. The van der Waals surface area contributed by atoms with Crippen LogP contribution in [0.3, 0.4) is 0 Å². The van der Waals surface area contributed by atoms with Crippen molar-refractivity contribution < 1.29 is 0 Å². The zero-order valence-corrected chi connectivity index (χ0v) is 15.0. The summed E-state index contributed by atoms with van der Waals surface area (Å²) < 4.78 is 0. The van der Waals surface area contributed by atoms with Crippen molar-refractivity contribution in [1.29, 1.82) is 0 Å². The van der Waals surface area contributed by atoms with E-state index in [0.717, 1.165) is 5.56 Å². The Hall–Kier alpha value is -1.88. The standard InChI is InChI=1S/C17H24ClN5/c1-11(2)23(12(3)4)17-21-15(18)20-16(22-17)19-13(5)14-9-7-6-8-10-14/h6-13H,1-5H3,(H,19,20,21,22)/t13-/m0/s1. The van der Waals surface area contributed by atoms with Gasteiger partial charge in [0.2, 0.25) is 17.2 Å². The van der Waals surface area contributed by atoms with Gasteiger partial charge < -0.3 is 10.2 Å². The fourth-order valence-corrected chi connectivity index (χ4v) is 2.75. The quantitative estimate of drug-likeness (QED) is 0.853. The molecule has 0 saturated carbocycles. The Bertz CT molecular complexity index is 622. The van der Waals surface area contributed by atoms with Gasteiger partial charge in [0.05, 0.1) is 6.04 Å². The number of aromatic nitrogens is 3. The van der Waals surface area contributed by atoms with Gasteiger partial charge in [-0.25, -0.2) is 0 Å². The van der Waals surface area contributed by atoms with Gasteiger partial charge in [-0.15, -0.1) is 0 Å². The first-order valence-electron chi connectivity index (χ1n) is 7.90. The molecule has 0 saturated heterocycles. The molecule has 0 spiro atoms. The van der Waals surface area contributed by atoms with Gasteiger partial charge in [-0.05, 0) is 51.8 Å². The van der Waals surface area contributed by atoms with Crippen LogP contribution in [0, 0.1) is 0 Å². The van der Waals surface area contributed by atoms with E-state index in [4.69, 9.17) is 11.6 Å². The van der Waals surface area contributed by atoms with Gasteiger partial charge in [-0.2, -0.15) is 15.0 Å². The van der Waals surface area contributed by atoms with Crippen molar-refractivity contribution in [3.63, 3.8) is 0 Å². The molecule has 2 aromatic rings. The van der Waals surface area contributed by atoms with Crippen LogP contribution in [-0.2, 0) is 0 Å². The lowest BCUT2D eigenvalue weighted by atomic mass is 10.1. The van der Waals surface area contributed by atoms with E-state index in [0.29, 0.717) is 11.9 Å². The van der Waals surface area contributed by atoms with Crippen LogP contribution >= 0.6 is 11.6 Å². The van der Waals surface area contributed by atoms with E-state index >= 15 is 0 Å². The van der Waals surface area contributed by atoms with Crippen molar-refractivity contribution in [2.75, 3.05) is 10.2 Å². The van der Waals surface area contributed by atoms with E-state index in [1.54, 1.807) is 0 Å². The van der Waals surface area contributed by atoms with Crippen LogP contribution in [-0.4, -0.2) is 27.0 Å². The number of nitrogens with one attached hydrogen (secondary N) is 1. The third kappa shape index (κ3) is 4.55. The summed E-state index contributed by atoms with van der Waals surface area (Å²) >= 11 is 6.10. The summed E-state index contributed by atoms with van der Waals surface area (Å²) in [6, 6.07) is 10.8. The number of anilines is 2. The van der Waals surface area contributed by atoms with Crippen LogP contribution in [0.5, 0.6) is 0 Å². The third-order valence-corrected chi connectivity index (χ3v) is 3.75. The maximum absolute atomic E-state index is 6.10. The molecule has 0 radical (unpaired) electrons. The predicted octanol–water partition coefficient (Wildman–Crippen LogP) is 4.32. The van der Waals surface area contributed by atoms with Crippen LogP contribution in [0.2, 0.25) is 5.28 Å². The summed E-state index contributed by atoms with van der Waals surface area (Å²) in [6.45, 7) is 10.5. The lowest BCUT2D eigenvalue weighted by molar-refractivity contribution is 0.589. The molecule has 0 bridgehead atoms. The van der Waals surface area contributed by atoms with Gasteiger partial charge in [-0.1, -0.05) is 30.3 Å². The monoisotopic (exact) mass is 333 g/mol. The molecule has 0 aliphatic carbocycles. The molecule has 2 rings (SSSR count). The molecule has 0 aliphatic rings. The Labute approximate surface area is 143 Å². The van der Waals surface area contributed by atoms with E-state index in [2.05, 4.69) is 71.9 Å². The molecule has 0 aliphatic heterocycles. The lowest BCUT2D eigenvalue weighted by Crippen LogP contribution is -2.38. The number of hydrogen-bond acceptors (Lipinski definition) is 5. The average molecular weight is 334 g/mol. The van der Waals surface area contributed by atoms with Crippen LogP contribution in [0.1, 0.15) is 46.2 Å². The molecule has 1 aromatic heterocycles. The highest BCUT2D eigenvalue weighted by atomic mass is 35.5. The van der Waals surface area contributed by atoms with Gasteiger partial charge >= 0.3 is 0 Å². The van der Waals surface area contributed by atoms with Crippen molar-refractivity contribution in [2.45, 2.75) is 52.7 Å². The minimum absolute atomic E-state index is 0.0778. The summed E-state index contributed by atoms with van der Waals surface area (Å²) in [5.41, 5.74) is 1.16. The van der Waals surface area contributed by atoms with Crippen LogP contribution in [0.15, 0.2) is 30.3 Å². The van der Waals surface area contributed by atoms with E-state index in [1.165, 1.54) is 0 Å². The van der Waals surface area contributed by atoms with Gasteiger partial charge in [0.25, 0.3) is 0 Å². The summed E-state index contributed by atoms with van der Waals surface area (Å²) in [6.07, 6.45) is 0. The smallest absolute Gasteiger partial charge is 0.231 e. The van der Waals surface area contributed by atoms with Crippen molar-refractivity contribution in [3.05, 3.63) is 41.2 Å². The van der Waals surface area contributed by atoms with Crippen molar-refractivity contribution in [3.8, 4) is 0 Å². The molecular weight excluding hydrogens is 310 g/mol. The van der Waals surface area contributed by atoms with E-state index in [-0.39, 0.29) is 23.4 Å². The van der Waals surface area contributed by atoms with Gasteiger partial charge in [0, 0.05) is 12.1 Å². The molecule has 0 amide bonds. The van der Waals surface area contributed by atoms with Gasteiger partial charge in [0.1, 0.15) is 0 Å². The number of halogens is 1. The first-order chi connectivity index (χ1) is 10.9. The average Bonchev–Trinajstić information content (AvgIpc) is 2.46. The largest absolute Gasteiger partial charge is 0.348 e. The fourth-order valence-electron chi connectivity index (χ4n) is 2.60. The topological polar surface area (TPSA) is 53.9 Å². The maximum atomic E-state index is 6.10. The molecule has 1 heterocycles. The Morgan fingerprint density at radius 3 is 2.09 bits per heavy atom. The predicted molar refractivity (Wildman–Crippen MR) is 96.1 cm³/mol. The fraction of sp³-hybridized carbons (Fsp3) is 0.471. The number of rotatable bonds is 6. The second-order valence-corrected chi connectivity index (χ2v) is 6.44. The van der Waals surface area contributed by atoms with E-state index < -0.39 is 0 Å². The molecule has 124 valence electrons. The van der Waals surface area contributed by atoms with Gasteiger partial charge in [0.15, 0.2) is 0 Å². The number of nitrogens with zero attached hydrogens (tertiary/aromatic N) is 4. The second kappa shape index (κ2) is 7.59. The summed E-state index contributed by atoms with van der Waals surface area (Å²) in [5, 5.41) is 3.50. The molecule has 1 N–H and O–H groups in total. The molecule has 1 aromatic carbocycles. The summed E-state index contributed by atoms with van der Waals surface area (Å²) in [5.74, 6) is 1.08. The molecule has 1 atom stereocenters. The summed E-state index contributed by atoms with van der Waals surface area (Å²) in [7, 11) is 0. The maximum Gasteiger partial charge on any atom is 0.231 e. The minimum atomic E-state index is 0.0778. The number of hydrogen-bond donors (Lipinski definition) is 1. The van der Waals surface area contributed by atoms with E-state index in [1.807, 2.05) is 18.2 Å². The zero-order chi connectivity index (χ0) is 17.0. The molecule has 0 fully saturated rings. The second-order valence-electron chi connectivity index (χ2n) is 6.10. The zero-order valence-electron chi connectivity index (χ0n) is 14.3. The van der Waals surface area contributed by atoms with Crippen LogP contribution < -0.4 is 10.2 Å². The molecule has 5 nitrogen and oxygen atoms in total. The molecule has 23 heavy (non-hydrogen) atoms. The van der Waals surface area contributed by atoms with Crippen LogP contribution in [0.25, 0.3) is 0 Å². The Balaban J connectivity index is 2.27. The highest BCUT2D eigenvalue weighted by Crippen LogP contribution is 2.21. The van der Waals surface area contributed by atoms with Crippen molar-refractivity contribution in [2.24, 2.45) is 0 Å². The van der Waals surface area contributed by atoms with Gasteiger partial charge in [-0.3, -0.25) is 0 Å². The third-order valence-electron chi connectivity index (χ3n) is 3.59. The Morgan fingerprint density at radius 2 is 1.52 bits per heavy atom. The Morgan fingerprint density at radius 1 is 0.913 bits per heavy atom. The van der Waals surface area contributed by atoms with Crippen molar-refractivity contribution >= 4 is 23.5 Å². The highest BCUT2D eigenvalue weighted by Gasteiger charge is 2.19. The van der Waals surface area contributed by atoms with E-state index in [9.17, 15) is 0 Å². The Kier molecular flexibility index (Phi) is 5.77. The number of benzene rings is 1. The first kappa shape index (κ1) is 17.5. The highest BCUT2D eigenvalue weighted by molar-refractivity contribution is 6.28. The first-order valence-corrected chi connectivity index (χ1v) is 8.27.